The number of aryl methyl sites for hydroxylation is 1. The molecule has 0 heterocycles. The summed E-state index contributed by atoms with van der Waals surface area (Å²) in [5.41, 5.74) is 2.82. The van der Waals surface area contributed by atoms with E-state index in [1.54, 1.807) is 30.3 Å². The topological polar surface area (TPSA) is 86.8 Å². The summed E-state index contributed by atoms with van der Waals surface area (Å²) in [4.78, 5) is 29.2. The molecule has 0 spiro atoms. The van der Waals surface area contributed by atoms with Crippen LogP contribution in [0.2, 0.25) is 10.0 Å². The van der Waals surface area contributed by atoms with Crippen LogP contribution < -0.4 is 9.62 Å². The Balaban J connectivity index is 1.94. The van der Waals surface area contributed by atoms with E-state index in [0.29, 0.717) is 21.3 Å². The average molecular weight is 633 g/mol. The van der Waals surface area contributed by atoms with Crippen LogP contribution in [-0.2, 0) is 32.6 Å². The second-order valence-corrected chi connectivity index (χ2v) is 13.2. The number of amides is 2. The molecule has 3 rings (SSSR count). The van der Waals surface area contributed by atoms with E-state index >= 15 is 0 Å². The van der Waals surface area contributed by atoms with Crippen molar-refractivity contribution in [2.75, 3.05) is 17.1 Å². The third-order valence-electron chi connectivity index (χ3n) is 7.20. The van der Waals surface area contributed by atoms with Crippen molar-refractivity contribution in [2.45, 2.75) is 65.1 Å². The minimum absolute atomic E-state index is 0.0157. The predicted molar refractivity (Wildman–Crippen MR) is 171 cm³/mol. The van der Waals surface area contributed by atoms with Gasteiger partial charge in [0, 0.05) is 47.6 Å². The molecule has 1 N–H and O–H groups in total. The number of benzene rings is 3. The molecule has 2 amide bonds. The van der Waals surface area contributed by atoms with E-state index in [-0.39, 0.29) is 50.2 Å². The molecule has 0 radical (unpaired) electrons. The first-order chi connectivity index (χ1) is 19.9. The van der Waals surface area contributed by atoms with Crippen LogP contribution in [0.4, 0.5) is 5.69 Å². The number of rotatable bonds is 14. The fourth-order valence-electron chi connectivity index (χ4n) is 4.67. The van der Waals surface area contributed by atoms with Crippen LogP contribution in [0.1, 0.15) is 49.8 Å². The molecule has 226 valence electrons. The number of hydrogen-bond donors (Lipinski definition) is 1. The molecule has 0 aromatic heterocycles. The quantitative estimate of drug-likeness (QED) is 0.223. The summed E-state index contributed by atoms with van der Waals surface area (Å²) in [6.45, 7) is 5.87. The molecule has 3 aromatic rings. The highest BCUT2D eigenvalue weighted by Crippen LogP contribution is 2.28. The van der Waals surface area contributed by atoms with Crippen molar-refractivity contribution in [2.24, 2.45) is 0 Å². The number of nitrogens with zero attached hydrogens (tertiary/aromatic N) is 2. The van der Waals surface area contributed by atoms with E-state index < -0.39 is 16.1 Å². The number of carbonyl (C=O) groups is 2. The number of halogens is 2. The smallest absolute Gasteiger partial charge is 0.243 e. The van der Waals surface area contributed by atoms with Gasteiger partial charge < -0.3 is 10.2 Å². The second kappa shape index (κ2) is 15.4. The molecular formula is C32H39Cl2N3O4S. The number of anilines is 1. The molecule has 0 saturated carbocycles. The Morgan fingerprint density at radius 2 is 1.55 bits per heavy atom. The van der Waals surface area contributed by atoms with Gasteiger partial charge in [0.2, 0.25) is 21.8 Å². The fraction of sp³-hybridized carbons (Fsp3) is 0.375. The van der Waals surface area contributed by atoms with E-state index in [2.05, 4.69) is 5.32 Å². The summed E-state index contributed by atoms with van der Waals surface area (Å²) in [6.07, 6.45) is 2.44. The highest BCUT2D eigenvalue weighted by molar-refractivity contribution is 7.92. The molecule has 0 saturated heterocycles. The largest absolute Gasteiger partial charge is 0.352 e. The first kappa shape index (κ1) is 33.4. The maximum atomic E-state index is 14.0. The molecule has 0 unspecified atom stereocenters. The molecule has 2 atom stereocenters. The van der Waals surface area contributed by atoms with Crippen LogP contribution in [0.3, 0.4) is 0 Å². The van der Waals surface area contributed by atoms with Crippen molar-refractivity contribution >= 4 is 50.7 Å². The molecule has 10 heteroatoms. The van der Waals surface area contributed by atoms with Crippen LogP contribution in [-0.4, -0.2) is 50.0 Å². The third kappa shape index (κ3) is 9.21. The first-order valence-electron chi connectivity index (χ1n) is 14.0. The molecule has 0 aliphatic heterocycles. The van der Waals surface area contributed by atoms with Crippen LogP contribution in [0, 0.1) is 6.92 Å². The molecule has 7 nitrogen and oxygen atoms in total. The van der Waals surface area contributed by atoms with Crippen molar-refractivity contribution in [3.05, 3.63) is 99.5 Å². The van der Waals surface area contributed by atoms with Crippen LogP contribution >= 0.6 is 23.2 Å². The lowest BCUT2D eigenvalue weighted by Gasteiger charge is -2.33. The average Bonchev–Trinajstić information content (AvgIpc) is 2.94. The Labute approximate surface area is 259 Å². The van der Waals surface area contributed by atoms with Gasteiger partial charge in [-0.2, -0.15) is 0 Å². The molecule has 0 fully saturated rings. The molecule has 3 aromatic carbocycles. The van der Waals surface area contributed by atoms with Gasteiger partial charge in [-0.05, 0) is 56.0 Å². The molecular weight excluding hydrogens is 593 g/mol. The van der Waals surface area contributed by atoms with Gasteiger partial charge in [0.15, 0.2) is 0 Å². The van der Waals surface area contributed by atoms with E-state index in [9.17, 15) is 18.0 Å². The van der Waals surface area contributed by atoms with E-state index in [1.807, 2.05) is 63.2 Å². The number of hydrogen-bond acceptors (Lipinski definition) is 4. The second-order valence-electron chi connectivity index (χ2n) is 10.5. The lowest BCUT2D eigenvalue weighted by atomic mass is 10.0. The van der Waals surface area contributed by atoms with Gasteiger partial charge >= 0.3 is 0 Å². The molecule has 0 aliphatic rings. The van der Waals surface area contributed by atoms with Crippen LogP contribution in [0.25, 0.3) is 0 Å². The summed E-state index contributed by atoms with van der Waals surface area (Å²) in [5.74, 6) is -0.577. The fourth-order valence-corrected chi connectivity index (χ4v) is 6.21. The zero-order chi connectivity index (χ0) is 30.9. The molecule has 0 aliphatic carbocycles. The Morgan fingerprint density at radius 1 is 0.929 bits per heavy atom. The van der Waals surface area contributed by atoms with Gasteiger partial charge in [0.25, 0.3) is 0 Å². The van der Waals surface area contributed by atoms with E-state index in [4.69, 9.17) is 23.2 Å². The van der Waals surface area contributed by atoms with Crippen LogP contribution in [0.15, 0.2) is 72.8 Å². The molecule has 42 heavy (non-hydrogen) atoms. The minimum atomic E-state index is -3.60. The van der Waals surface area contributed by atoms with Gasteiger partial charge in [-0.15, -0.1) is 0 Å². The van der Waals surface area contributed by atoms with Crippen molar-refractivity contribution in [3.63, 3.8) is 0 Å². The first-order valence-corrected chi connectivity index (χ1v) is 16.6. The van der Waals surface area contributed by atoms with Gasteiger partial charge in [-0.3, -0.25) is 13.9 Å². The lowest BCUT2D eigenvalue weighted by molar-refractivity contribution is -0.141. The number of para-hydroxylation sites is 1. The van der Waals surface area contributed by atoms with Crippen molar-refractivity contribution < 1.29 is 18.0 Å². The van der Waals surface area contributed by atoms with Gasteiger partial charge in [0.1, 0.15) is 6.04 Å². The highest BCUT2D eigenvalue weighted by atomic mass is 35.5. The molecule has 0 bridgehead atoms. The van der Waals surface area contributed by atoms with E-state index in [1.165, 1.54) is 9.21 Å². The summed E-state index contributed by atoms with van der Waals surface area (Å²) in [5, 5.41) is 3.82. The summed E-state index contributed by atoms with van der Waals surface area (Å²) in [7, 11) is -3.60. The number of carbonyl (C=O) groups excluding carboxylic acids is 2. The SMILES string of the molecule is CC[C@H](C)NC(=O)[C@H](Cc1ccccc1)N(Cc1c(Cl)cccc1Cl)C(=O)CCCN(c1ccccc1C)S(C)(=O)=O. The van der Waals surface area contributed by atoms with Crippen molar-refractivity contribution in [1.29, 1.82) is 0 Å². The number of sulfonamides is 1. The predicted octanol–water partition coefficient (Wildman–Crippen LogP) is 6.40. The Kier molecular flexibility index (Phi) is 12.3. The van der Waals surface area contributed by atoms with Crippen LogP contribution in [0.5, 0.6) is 0 Å². The number of nitrogens with one attached hydrogen (secondary N) is 1. The van der Waals surface area contributed by atoms with Gasteiger partial charge in [-0.25, -0.2) is 8.42 Å². The monoisotopic (exact) mass is 631 g/mol. The normalized spacial score (nSPS) is 12.8. The summed E-state index contributed by atoms with van der Waals surface area (Å²) < 4.78 is 26.7. The Hall–Kier alpha value is -3.07. The third-order valence-corrected chi connectivity index (χ3v) is 9.09. The lowest BCUT2D eigenvalue weighted by Crippen LogP contribution is -2.52. The van der Waals surface area contributed by atoms with Gasteiger partial charge in [-0.1, -0.05) is 84.7 Å². The van der Waals surface area contributed by atoms with Gasteiger partial charge in [0.05, 0.1) is 11.9 Å². The Morgan fingerprint density at radius 3 is 2.14 bits per heavy atom. The van der Waals surface area contributed by atoms with Crippen molar-refractivity contribution in [1.82, 2.24) is 10.2 Å². The Bertz CT molecular complexity index is 1450. The minimum Gasteiger partial charge on any atom is -0.352 e. The standard InChI is InChI=1S/C32H39Cl2N3O4S/c1-5-24(3)35-32(39)30(21-25-14-7-6-8-15-25)36(22-26-27(33)16-11-17-28(26)34)31(38)19-12-20-37(42(4,40)41)29-18-10-9-13-23(29)2/h6-11,13-18,24,30H,5,12,19-22H2,1-4H3,(H,35,39)/t24-,30-/m0/s1. The summed E-state index contributed by atoms with van der Waals surface area (Å²) >= 11 is 13.0. The van der Waals surface area contributed by atoms with Crippen molar-refractivity contribution in [3.8, 4) is 0 Å². The summed E-state index contributed by atoms with van der Waals surface area (Å²) in [6, 6.07) is 20.9. The maximum absolute atomic E-state index is 14.0. The highest BCUT2D eigenvalue weighted by Gasteiger charge is 2.32. The zero-order valence-electron chi connectivity index (χ0n) is 24.5. The maximum Gasteiger partial charge on any atom is 0.243 e. The van der Waals surface area contributed by atoms with E-state index in [0.717, 1.165) is 23.8 Å². The zero-order valence-corrected chi connectivity index (χ0v) is 26.8.